The molecular weight excluding hydrogens is 490 g/mol. The zero-order valence-corrected chi connectivity index (χ0v) is 20.1. The van der Waals surface area contributed by atoms with Gasteiger partial charge >= 0.3 is 0 Å². The van der Waals surface area contributed by atoms with Gasteiger partial charge < -0.3 is 9.40 Å². The molecule has 0 saturated carbocycles. The van der Waals surface area contributed by atoms with Gasteiger partial charge in [-0.15, -0.1) is 0 Å². The minimum absolute atomic E-state index is 0.0301. The van der Waals surface area contributed by atoms with E-state index >= 15 is 0 Å². The molecule has 1 aromatic carbocycles. The summed E-state index contributed by atoms with van der Waals surface area (Å²) in [6.07, 6.45) is 11.3. The fourth-order valence-corrected chi connectivity index (χ4v) is 3.46. The van der Waals surface area contributed by atoms with Crippen molar-refractivity contribution >= 4 is 21.6 Å². The Labute approximate surface area is 200 Å². The van der Waals surface area contributed by atoms with Crippen LogP contribution in [0.5, 0.6) is 0 Å². The van der Waals surface area contributed by atoms with Crippen molar-refractivity contribution in [2.75, 3.05) is 7.11 Å². The van der Waals surface area contributed by atoms with Crippen LogP contribution in [-0.4, -0.2) is 27.4 Å². The number of benzene rings is 1. The van der Waals surface area contributed by atoms with Crippen LogP contribution in [0.15, 0.2) is 88.3 Å². The van der Waals surface area contributed by atoms with Gasteiger partial charge in [0, 0.05) is 29.0 Å². The van der Waals surface area contributed by atoms with Crippen molar-refractivity contribution in [1.82, 2.24) is 14.5 Å². The van der Waals surface area contributed by atoms with E-state index in [1.54, 1.807) is 12.3 Å². The Morgan fingerprint density at radius 2 is 1.97 bits per heavy atom. The van der Waals surface area contributed by atoms with Crippen molar-refractivity contribution in [2.45, 2.75) is 20.4 Å². The molecule has 3 rings (SSSR count). The first-order valence-corrected chi connectivity index (χ1v) is 10.9. The number of pyridine rings is 1. The van der Waals surface area contributed by atoms with E-state index in [1.807, 2.05) is 48.9 Å². The molecule has 2 aliphatic heterocycles. The number of hydrogen-bond acceptors (Lipinski definition) is 4. The molecule has 1 aromatic rings. The highest BCUT2D eigenvalue weighted by atomic mass is 79.9. The summed E-state index contributed by atoms with van der Waals surface area (Å²) in [7, 11) is 1.49. The van der Waals surface area contributed by atoms with E-state index in [4.69, 9.17) is 4.84 Å². The summed E-state index contributed by atoms with van der Waals surface area (Å²) in [5.74, 6) is -1.75. The van der Waals surface area contributed by atoms with Crippen LogP contribution in [0.1, 0.15) is 13.8 Å². The molecule has 8 heteroatoms. The minimum atomic E-state index is -0.960. The molecular formula is C25H23BrF2N4O. The predicted molar refractivity (Wildman–Crippen MR) is 131 cm³/mol. The van der Waals surface area contributed by atoms with Gasteiger partial charge in [0.1, 0.15) is 18.5 Å². The summed E-state index contributed by atoms with van der Waals surface area (Å²) in [4.78, 5) is 13.7. The normalized spacial score (nSPS) is 13.2. The molecule has 0 unspecified atom stereocenters. The Bertz CT molecular complexity index is 1260. The van der Waals surface area contributed by atoms with Gasteiger partial charge in [-0.3, -0.25) is 0 Å². The van der Waals surface area contributed by atoms with E-state index in [2.05, 4.69) is 37.6 Å². The standard InChI is InChI=1S/C25H23BrF2N4O/c1-5-17(10-9-16(2)3)24(31-33-4)19(26)11-13-32-14-12-21-22(15-32)30-25(29-21)18-7-6-8-20(27)23(18)28/h5-12,14-15H,2,13H2,1,3-4H3/b10-9-,17-5+,19-11-,31-24-. The summed E-state index contributed by atoms with van der Waals surface area (Å²) >= 11 is 3.59. The second-order valence-corrected chi connectivity index (χ2v) is 8.01. The highest BCUT2D eigenvalue weighted by molar-refractivity contribution is 9.12. The van der Waals surface area contributed by atoms with Crippen molar-refractivity contribution in [3.8, 4) is 22.8 Å². The number of rotatable bonds is 8. The number of allylic oxidation sites excluding steroid dienone is 7. The molecule has 33 heavy (non-hydrogen) atoms. The van der Waals surface area contributed by atoms with Crippen LogP contribution < -0.4 is 0 Å². The summed E-state index contributed by atoms with van der Waals surface area (Å²) < 4.78 is 30.3. The lowest BCUT2D eigenvalue weighted by atomic mass is 10.1. The zero-order valence-electron chi connectivity index (χ0n) is 18.5. The molecule has 5 nitrogen and oxygen atoms in total. The number of nitrogens with zero attached hydrogens (tertiary/aromatic N) is 4. The quantitative estimate of drug-likeness (QED) is 0.192. The van der Waals surface area contributed by atoms with E-state index < -0.39 is 11.6 Å². The predicted octanol–water partition coefficient (Wildman–Crippen LogP) is 6.69. The lowest BCUT2D eigenvalue weighted by molar-refractivity contribution is 0.214. The molecule has 0 spiro atoms. The van der Waals surface area contributed by atoms with Gasteiger partial charge in [-0.05, 0) is 54.1 Å². The average molecular weight is 513 g/mol. The molecule has 0 aromatic heterocycles. The van der Waals surface area contributed by atoms with Crippen molar-refractivity contribution in [2.24, 2.45) is 5.16 Å². The number of hydrogen-bond donors (Lipinski definition) is 0. The maximum atomic E-state index is 14.1. The van der Waals surface area contributed by atoms with E-state index in [0.29, 0.717) is 23.6 Å². The van der Waals surface area contributed by atoms with Crippen LogP contribution in [0.4, 0.5) is 8.78 Å². The van der Waals surface area contributed by atoms with Gasteiger partial charge in [0.15, 0.2) is 17.5 Å². The van der Waals surface area contributed by atoms with Crippen LogP contribution in [-0.2, 0) is 11.4 Å². The van der Waals surface area contributed by atoms with Crippen LogP contribution in [0.2, 0.25) is 0 Å². The molecule has 0 amide bonds. The SMILES string of the molecule is C=C(C)\C=C/C(=C\C)C(=N/OC)/C(Br)=C/Cn1ccc2nc(-c3cccc(F)c3F)nc-2c1. The van der Waals surface area contributed by atoms with Gasteiger partial charge in [0.25, 0.3) is 0 Å². The number of halogens is 3. The monoisotopic (exact) mass is 512 g/mol. The molecule has 0 saturated heterocycles. The van der Waals surface area contributed by atoms with Gasteiger partial charge in [0.05, 0.1) is 11.3 Å². The van der Waals surface area contributed by atoms with Crippen LogP contribution in [0.25, 0.3) is 22.8 Å². The highest BCUT2D eigenvalue weighted by Crippen LogP contribution is 2.27. The van der Waals surface area contributed by atoms with Crippen molar-refractivity contribution < 1.29 is 13.6 Å². The molecule has 2 aliphatic rings. The summed E-state index contributed by atoms with van der Waals surface area (Å²) in [6, 6.07) is 5.73. The summed E-state index contributed by atoms with van der Waals surface area (Å²) in [6.45, 7) is 8.20. The largest absolute Gasteiger partial charge is 0.399 e. The van der Waals surface area contributed by atoms with Crippen LogP contribution >= 0.6 is 15.9 Å². The van der Waals surface area contributed by atoms with Gasteiger partial charge in [0.2, 0.25) is 0 Å². The zero-order chi connectivity index (χ0) is 24.0. The van der Waals surface area contributed by atoms with E-state index in [1.165, 1.54) is 19.2 Å². The first kappa shape index (κ1) is 24.3. The Balaban J connectivity index is 1.86. The molecule has 170 valence electrons. The molecule has 2 heterocycles. The fraction of sp³-hybridized carbons (Fsp3) is 0.160. The maximum absolute atomic E-state index is 14.1. The van der Waals surface area contributed by atoms with Gasteiger partial charge in [-0.25, -0.2) is 18.7 Å². The lowest BCUT2D eigenvalue weighted by Crippen LogP contribution is -2.04. The minimum Gasteiger partial charge on any atom is -0.399 e. The first-order chi connectivity index (χ1) is 15.8. The van der Waals surface area contributed by atoms with Crippen LogP contribution in [0.3, 0.4) is 0 Å². The Hall–Kier alpha value is -3.39. The highest BCUT2D eigenvalue weighted by Gasteiger charge is 2.17. The van der Waals surface area contributed by atoms with E-state index in [9.17, 15) is 8.78 Å². The Kier molecular flexibility index (Phi) is 8.06. The fourth-order valence-electron chi connectivity index (χ4n) is 3.01. The third kappa shape index (κ3) is 5.90. The van der Waals surface area contributed by atoms with E-state index in [-0.39, 0.29) is 11.4 Å². The second-order valence-electron chi connectivity index (χ2n) is 7.16. The Morgan fingerprint density at radius 1 is 1.21 bits per heavy atom. The van der Waals surface area contributed by atoms with Gasteiger partial charge in [-0.2, -0.15) is 0 Å². The second kappa shape index (κ2) is 11.0. The molecule has 0 N–H and O–H groups in total. The molecule has 0 radical (unpaired) electrons. The average Bonchev–Trinajstić information content (AvgIpc) is 3.21. The summed E-state index contributed by atoms with van der Waals surface area (Å²) in [5.41, 5.74) is 3.62. The lowest BCUT2D eigenvalue weighted by Gasteiger charge is -2.08. The molecule has 0 aliphatic carbocycles. The van der Waals surface area contributed by atoms with Crippen molar-refractivity contribution in [1.29, 1.82) is 0 Å². The van der Waals surface area contributed by atoms with Crippen molar-refractivity contribution in [3.63, 3.8) is 0 Å². The molecule has 0 atom stereocenters. The molecule has 0 fully saturated rings. The smallest absolute Gasteiger partial charge is 0.169 e. The third-order valence-corrected chi connectivity index (χ3v) is 5.34. The Morgan fingerprint density at radius 3 is 2.67 bits per heavy atom. The maximum Gasteiger partial charge on any atom is 0.169 e. The number of imidazole rings is 1. The number of oxime groups is 1. The topological polar surface area (TPSA) is 52.3 Å². The third-order valence-electron chi connectivity index (χ3n) is 4.64. The summed E-state index contributed by atoms with van der Waals surface area (Å²) in [5, 5.41) is 4.14. The number of fused-ring (bicyclic) bond motifs is 1. The molecule has 0 bridgehead atoms. The van der Waals surface area contributed by atoms with E-state index in [0.717, 1.165) is 21.7 Å². The van der Waals surface area contributed by atoms with Crippen molar-refractivity contribution in [3.05, 3.63) is 94.8 Å². The first-order valence-electron chi connectivity index (χ1n) is 10.1. The van der Waals surface area contributed by atoms with Gasteiger partial charge in [-0.1, -0.05) is 41.6 Å². The number of aromatic nitrogens is 3. The van der Waals surface area contributed by atoms with Crippen LogP contribution in [0, 0.1) is 11.6 Å².